The largest absolute Gasteiger partial charge is 1.00 e. The molecule has 10 nitrogen and oxygen atoms in total. The number of nitrogens with two attached hydrogens (primary N) is 1. The van der Waals surface area contributed by atoms with Crippen molar-refractivity contribution in [1.82, 2.24) is 20.5 Å². The molecule has 0 spiro atoms. The number of hydrogen-bond donors (Lipinski definition) is 3. The van der Waals surface area contributed by atoms with Crippen molar-refractivity contribution in [2.75, 3.05) is 19.0 Å². The van der Waals surface area contributed by atoms with Crippen molar-refractivity contribution in [3.05, 3.63) is 35.3 Å². The van der Waals surface area contributed by atoms with Gasteiger partial charge in [0, 0.05) is 35.6 Å². The van der Waals surface area contributed by atoms with Gasteiger partial charge in [-0.15, -0.1) is 10.2 Å². The first-order valence-electron chi connectivity index (χ1n) is 10.4. The van der Waals surface area contributed by atoms with Gasteiger partial charge in [-0.3, -0.25) is 4.79 Å². The van der Waals surface area contributed by atoms with Crippen LogP contribution >= 0.6 is 0 Å². The second-order valence-corrected chi connectivity index (χ2v) is 9.44. The number of piperidine rings is 1. The molecule has 2 heterocycles. The summed E-state index contributed by atoms with van der Waals surface area (Å²) in [7, 11) is 3.32. The molecule has 3 rings (SSSR count). The van der Waals surface area contributed by atoms with Crippen molar-refractivity contribution in [2.24, 2.45) is 10.7 Å². The van der Waals surface area contributed by atoms with E-state index in [4.69, 9.17) is 5.73 Å². The number of nitrogens with one attached hydrogen (secondary N) is 1. The maximum atomic E-state index is 11.3. The van der Waals surface area contributed by atoms with E-state index >= 15 is 0 Å². The first-order chi connectivity index (χ1) is 14.9. The van der Waals surface area contributed by atoms with E-state index in [2.05, 4.69) is 63.4 Å². The molecule has 4 N–H and O–H groups in total. The van der Waals surface area contributed by atoms with Gasteiger partial charge in [0.1, 0.15) is 11.4 Å². The molecule has 0 atom stereocenters. The van der Waals surface area contributed by atoms with Crippen LogP contribution in [-0.4, -0.2) is 63.4 Å². The van der Waals surface area contributed by atoms with E-state index < -0.39 is 6.03 Å². The number of urea groups is 1. The maximum Gasteiger partial charge on any atom is 1.00 e. The molecular formula is C22H31KN8O2. The number of anilines is 1. The van der Waals surface area contributed by atoms with Crippen LogP contribution in [0.5, 0.6) is 5.75 Å². The van der Waals surface area contributed by atoms with Crippen LogP contribution in [0.2, 0.25) is 0 Å². The van der Waals surface area contributed by atoms with Crippen molar-refractivity contribution in [3.8, 4) is 17.0 Å². The van der Waals surface area contributed by atoms with Gasteiger partial charge in [-0.1, -0.05) is 13.1 Å². The molecule has 1 aliphatic heterocycles. The SMILES string of the molecule is C[N-]C(=O)/N=C(\N)c1ccc(-c2cnc(N(C)C3CC(C)(C)NC(C)(C)C3)nn2)c(O)c1.[K+]. The van der Waals surface area contributed by atoms with Crippen molar-refractivity contribution < 1.29 is 61.3 Å². The van der Waals surface area contributed by atoms with Crippen molar-refractivity contribution >= 4 is 17.8 Å². The van der Waals surface area contributed by atoms with Crippen LogP contribution in [0.1, 0.15) is 46.1 Å². The Labute approximate surface area is 237 Å². The molecule has 2 aromatic rings. The quantitative estimate of drug-likeness (QED) is 0.312. The molecule has 0 aliphatic carbocycles. The zero-order valence-corrected chi connectivity index (χ0v) is 23.5. The molecule has 11 heteroatoms. The number of aromatic nitrogens is 3. The van der Waals surface area contributed by atoms with Gasteiger partial charge in [0.25, 0.3) is 0 Å². The van der Waals surface area contributed by atoms with Gasteiger partial charge in [0.15, 0.2) is 6.03 Å². The van der Waals surface area contributed by atoms with Crippen LogP contribution in [-0.2, 0) is 0 Å². The van der Waals surface area contributed by atoms with E-state index in [9.17, 15) is 9.90 Å². The van der Waals surface area contributed by atoms with E-state index in [1.807, 2.05) is 7.05 Å². The van der Waals surface area contributed by atoms with Crippen molar-refractivity contribution in [2.45, 2.75) is 57.7 Å². The van der Waals surface area contributed by atoms with Gasteiger partial charge in [-0.05, 0) is 58.2 Å². The molecule has 1 aromatic carbocycles. The zero-order chi connectivity index (χ0) is 23.7. The smallest absolute Gasteiger partial charge is 0.507 e. The topological polar surface area (TPSA) is 144 Å². The Morgan fingerprint density at radius 1 is 1.24 bits per heavy atom. The average Bonchev–Trinajstić information content (AvgIpc) is 2.71. The minimum Gasteiger partial charge on any atom is -0.507 e. The molecule has 1 saturated heterocycles. The number of phenols is 1. The van der Waals surface area contributed by atoms with Crippen molar-refractivity contribution in [3.63, 3.8) is 0 Å². The molecule has 33 heavy (non-hydrogen) atoms. The van der Waals surface area contributed by atoms with Crippen LogP contribution < -0.4 is 67.3 Å². The third-order valence-corrected chi connectivity index (χ3v) is 5.56. The third kappa shape index (κ3) is 6.93. The zero-order valence-electron chi connectivity index (χ0n) is 20.4. The van der Waals surface area contributed by atoms with Gasteiger partial charge in [-0.25, -0.2) is 4.98 Å². The predicted molar refractivity (Wildman–Crippen MR) is 125 cm³/mol. The number of hydrogen-bond acceptors (Lipinski definition) is 7. The first kappa shape index (κ1) is 27.6. The molecule has 1 fully saturated rings. The number of benzene rings is 1. The summed E-state index contributed by atoms with van der Waals surface area (Å²) in [5.41, 5.74) is 7.08. The molecule has 0 unspecified atom stereocenters. The molecule has 1 aromatic heterocycles. The summed E-state index contributed by atoms with van der Waals surface area (Å²) in [5.74, 6) is 0.429. The monoisotopic (exact) mass is 478 g/mol. The summed E-state index contributed by atoms with van der Waals surface area (Å²) in [6.45, 7) is 8.81. The third-order valence-electron chi connectivity index (χ3n) is 5.56. The van der Waals surface area contributed by atoms with Crippen LogP contribution in [0.3, 0.4) is 0 Å². The Morgan fingerprint density at radius 2 is 1.88 bits per heavy atom. The Morgan fingerprint density at radius 3 is 2.39 bits per heavy atom. The Balaban J connectivity index is 0.00000385. The minimum atomic E-state index is -0.693. The number of nitrogens with zero attached hydrogens (tertiary/aromatic N) is 6. The Hall–Kier alpha value is -1.63. The fraction of sp³-hybridized carbons (Fsp3) is 0.500. The molecule has 0 saturated carbocycles. The molecular weight excluding hydrogens is 447 g/mol. The Bertz CT molecular complexity index is 1010. The van der Waals surface area contributed by atoms with E-state index in [-0.39, 0.29) is 80.1 Å². The maximum absolute atomic E-state index is 11.3. The average molecular weight is 479 g/mol. The van der Waals surface area contributed by atoms with E-state index in [0.717, 1.165) is 12.8 Å². The normalized spacial score (nSPS) is 17.7. The first-order valence-corrected chi connectivity index (χ1v) is 10.4. The van der Waals surface area contributed by atoms with Crippen LogP contribution in [0.15, 0.2) is 29.4 Å². The summed E-state index contributed by atoms with van der Waals surface area (Å²) in [5, 5.41) is 26.1. The van der Waals surface area contributed by atoms with Gasteiger partial charge in [-0.2, -0.15) is 0 Å². The summed E-state index contributed by atoms with van der Waals surface area (Å²) in [4.78, 5) is 21.5. The number of carbonyl (C=O) groups excluding carboxylic acids is 1. The van der Waals surface area contributed by atoms with Gasteiger partial charge in [0.2, 0.25) is 5.95 Å². The molecule has 1 aliphatic rings. The van der Waals surface area contributed by atoms with E-state index in [1.54, 1.807) is 18.3 Å². The molecule has 0 bridgehead atoms. The predicted octanol–water partition coefficient (Wildman–Crippen LogP) is -0.178. The Kier molecular flexibility index (Phi) is 8.99. The number of amidine groups is 1. The number of aromatic hydroxyl groups is 1. The number of carbonyl (C=O) groups is 1. The summed E-state index contributed by atoms with van der Waals surface area (Å²) >= 11 is 0. The fourth-order valence-electron chi connectivity index (χ4n) is 4.38. The number of rotatable bonds is 4. The van der Waals surface area contributed by atoms with Gasteiger partial charge >= 0.3 is 51.4 Å². The summed E-state index contributed by atoms with van der Waals surface area (Å²) in [6, 6.07) is 4.26. The molecule has 0 radical (unpaired) electrons. The van der Waals surface area contributed by atoms with Gasteiger partial charge < -0.3 is 31.4 Å². The van der Waals surface area contributed by atoms with Crippen molar-refractivity contribution in [1.29, 1.82) is 0 Å². The number of amides is 2. The minimum absolute atomic E-state index is 0. The second kappa shape index (κ2) is 10.7. The fourth-order valence-corrected chi connectivity index (χ4v) is 4.38. The summed E-state index contributed by atoms with van der Waals surface area (Å²) < 4.78 is 0. The van der Waals surface area contributed by atoms with Gasteiger partial charge in [0.05, 0.1) is 6.20 Å². The van der Waals surface area contributed by atoms with Crippen LogP contribution in [0.4, 0.5) is 10.7 Å². The van der Waals surface area contributed by atoms with Crippen LogP contribution in [0, 0.1) is 0 Å². The standard InChI is InChI=1S/C22H32N8O2.K/c1-21(2)10-14(11-22(3,4)29-21)30(6)19-25-12-16(27-28-19)15-8-7-13(9-17(15)31)18(23)26-20(32)24-5;/h7-9,12,14,29H,10-11H2,1-6H3,(H4,23,24,26,27,31,32);/q;+1/p-1. The number of phenolic OH excluding ortho intramolecular Hbond substituents is 1. The molecule has 2 amide bonds. The van der Waals surface area contributed by atoms with Crippen LogP contribution in [0.25, 0.3) is 16.6 Å². The van der Waals surface area contributed by atoms with E-state index in [1.165, 1.54) is 13.1 Å². The summed E-state index contributed by atoms with van der Waals surface area (Å²) in [6.07, 6.45) is 3.50. The van der Waals surface area contributed by atoms with E-state index in [0.29, 0.717) is 22.8 Å². The number of aliphatic imine (C=N–C) groups is 1. The second-order valence-electron chi connectivity index (χ2n) is 9.44. The molecule has 172 valence electrons.